The van der Waals surface area contributed by atoms with E-state index in [9.17, 15) is 0 Å². The van der Waals surface area contributed by atoms with E-state index in [4.69, 9.17) is 0 Å². The number of H-pyrrole nitrogens is 1. The van der Waals surface area contributed by atoms with Crippen molar-refractivity contribution in [1.29, 1.82) is 0 Å². The van der Waals surface area contributed by atoms with E-state index in [0.717, 1.165) is 43.3 Å². The molecule has 0 aliphatic carbocycles. The zero-order chi connectivity index (χ0) is 17.8. The van der Waals surface area contributed by atoms with Crippen molar-refractivity contribution in [3.8, 4) is 11.3 Å². The molecule has 0 unspecified atom stereocenters. The number of aromatic amines is 1. The summed E-state index contributed by atoms with van der Waals surface area (Å²) in [5, 5.41) is 19.6. The van der Waals surface area contributed by atoms with Gasteiger partial charge in [0.25, 0.3) is 0 Å². The molecule has 0 radical (unpaired) electrons. The average Bonchev–Trinajstić information content (AvgIpc) is 3.16. The third-order valence-corrected chi connectivity index (χ3v) is 4.89. The van der Waals surface area contributed by atoms with Gasteiger partial charge in [-0.3, -0.25) is 5.10 Å². The molecule has 134 valence electrons. The smallest absolute Gasteiger partial charge is 0.151 e. The number of aromatic nitrogens is 4. The lowest BCUT2D eigenvalue weighted by molar-refractivity contribution is 0.419. The van der Waals surface area contributed by atoms with Crippen LogP contribution in [0, 0.1) is 6.92 Å². The Hall–Kier alpha value is -2.73. The van der Waals surface area contributed by atoms with E-state index < -0.39 is 0 Å². The quantitative estimate of drug-likeness (QED) is 0.742. The average molecular weight is 348 g/mol. The van der Waals surface area contributed by atoms with Crippen LogP contribution < -0.4 is 10.2 Å². The van der Waals surface area contributed by atoms with Gasteiger partial charge in [0.2, 0.25) is 0 Å². The molecule has 4 rings (SSSR count). The van der Waals surface area contributed by atoms with Gasteiger partial charge < -0.3 is 10.2 Å². The van der Waals surface area contributed by atoms with Gasteiger partial charge in [0.15, 0.2) is 5.82 Å². The second-order valence-corrected chi connectivity index (χ2v) is 6.84. The Morgan fingerprint density at radius 1 is 1.15 bits per heavy atom. The molecule has 3 aromatic rings. The first-order valence-electron chi connectivity index (χ1n) is 9.16. The highest BCUT2D eigenvalue weighted by Gasteiger charge is 2.21. The molecule has 6 heteroatoms. The number of nitrogens with one attached hydrogen (secondary N) is 2. The molecular formula is C20H24N6. The fourth-order valence-corrected chi connectivity index (χ4v) is 3.47. The van der Waals surface area contributed by atoms with Crippen LogP contribution in [0.3, 0.4) is 0 Å². The fraction of sp³-hybridized carbons (Fsp3) is 0.350. The third kappa shape index (κ3) is 3.75. The monoisotopic (exact) mass is 348 g/mol. The largest absolute Gasteiger partial charge is 0.354 e. The Morgan fingerprint density at radius 2 is 2.04 bits per heavy atom. The molecule has 2 N–H and O–H groups in total. The van der Waals surface area contributed by atoms with E-state index >= 15 is 0 Å². The van der Waals surface area contributed by atoms with Gasteiger partial charge in [0.05, 0.1) is 17.6 Å². The number of anilines is 1. The number of rotatable bonds is 5. The Kier molecular flexibility index (Phi) is 4.93. The predicted molar refractivity (Wildman–Crippen MR) is 103 cm³/mol. The van der Waals surface area contributed by atoms with Crippen LogP contribution in [-0.2, 0) is 6.54 Å². The summed E-state index contributed by atoms with van der Waals surface area (Å²) in [7, 11) is 0. The van der Waals surface area contributed by atoms with E-state index in [1.165, 1.54) is 17.5 Å². The number of aryl methyl sites for hydroxylation is 1. The van der Waals surface area contributed by atoms with Crippen LogP contribution in [0.15, 0.2) is 48.7 Å². The van der Waals surface area contributed by atoms with Crippen LogP contribution >= 0.6 is 0 Å². The summed E-state index contributed by atoms with van der Waals surface area (Å²) < 4.78 is 0. The number of hydrogen-bond acceptors (Lipinski definition) is 5. The Bertz CT molecular complexity index is 827. The van der Waals surface area contributed by atoms with Gasteiger partial charge >= 0.3 is 0 Å². The minimum Gasteiger partial charge on any atom is -0.354 e. The van der Waals surface area contributed by atoms with Crippen LogP contribution in [0.2, 0.25) is 0 Å². The highest BCUT2D eigenvalue weighted by molar-refractivity contribution is 5.62. The molecule has 0 saturated carbocycles. The van der Waals surface area contributed by atoms with Crippen molar-refractivity contribution in [1.82, 2.24) is 25.7 Å². The van der Waals surface area contributed by atoms with Gasteiger partial charge in [-0.05, 0) is 37.5 Å². The first kappa shape index (κ1) is 16.7. The number of hydrogen-bond donors (Lipinski definition) is 2. The van der Waals surface area contributed by atoms with Crippen molar-refractivity contribution in [2.75, 3.05) is 18.0 Å². The predicted octanol–water partition coefficient (Wildman–Crippen LogP) is 2.93. The fourth-order valence-electron chi connectivity index (χ4n) is 3.47. The molecule has 1 aliphatic heterocycles. The van der Waals surface area contributed by atoms with Crippen LogP contribution in [0.1, 0.15) is 24.1 Å². The summed E-state index contributed by atoms with van der Waals surface area (Å²) in [6, 6.07) is 14.9. The number of benzene rings is 1. The van der Waals surface area contributed by atoms with Gasteiger partial charge in [-0.15, -0.1) is 5.10 Å². The molecule has 0 spiro atoms. The maximum Gasteiger partial charge on any atom is 0.151 e. The Balaban J connectivity index is 1.39. The summed E-state index contributed by atoms with van der Waals surface area (Å²) in [6.45, 7) is 4.76. The number of nitrogens with zero attached hydrogens (tertiary/aromatic N) is 4. The minimum absolute atomic E-state index is 0.436. The molecule has 6 nitrogen and oxygen atoms in total. The zero-order valence-electron chi connectivity index (χ0n) is 15.0. The summed E-state index contributed by atoms with van der Waals surface area (Å²) >= 11 is 0. The molecular weight excluding hydrogens is 324 g/mol. The lowest BCUT2D eigenvalue weighted by atomic mass is 10.0. The van der Waals surface area contributed by atoms with Gasteiger partial charge in [-0.25, -0.2) is 0 Å². The van der Waals surface area contributed by atoms with E-state index in [1.807, 2.05) is 25.3 Å². The second kappa shape index (κ2) is 7.66. The maximum atomic E-state index is 4.33. The molecule has 1 aliphatic rings. The standard InChI is InChI=1S/C20H24N6/c1-15-9-10-19(24-23-15)26-11-5-8-18(14-26)21-12-17-13-22-25-20(17)16-6-3-2-4-7-16/h2-4,6-7,9-10,13,18,21H,5,8,11-12,14H2,1H3,(H,22,25)/t18-/m0/s1. The summed E-state index contributed by atoms with van der Waals surface area (Å²) in [6.07, 6.45) is 4.25. The summed E-state index contributed by atoms with van der Waals surface area (Å²) in [4.78, 5) is 2.32. The second-order valence-electron chi connectivity index (χ2n) is 6.84. The van der Waals surface area contributed by atoms with Crippen LogP contribution in [-0.4, -0.2) is 39.5 Å². The number of piperidine rings is 1. The topological polar surface area (TPSA) is 69.7 Å². The lowest BCUT2D eigenvalue weighted by Gasteiger charge is -2.33. The molecule has 1 saturated heterocycles. The molecule has 1 fully saturated rings. The highest BCUT2D eigenvalue weighted by Crippen LogP contribution is 2.22. The highest BCUT2D eigenvalue weighted by atomic mass is 15.3. The maximum absolute atomic E-state index is 4.33. The third-order valence-electron chi connectivity index (χ3n) is 4.89. The van der Waals surface area contributed by atoms with Gasteiger partial charge in [0, 0.05) is 31.2 Å². The van der Waals surface area contributed by atoms with Crippen molar-refractivity contribution in [3.63, 3.8) is 0 Å². The van der Waals surface area contributed by atoms with E-state index in [1.54, 1.807) is 0 Å². The Labute approximate surface area is 153 Å². The van der Waals surface area contributed by atoms with Gasteiger partial charge in [0.1, 0.15) is 0 Å². The molecule has 2 aromatic heterocycles. The summed E-state index contributed by atoms with van der Waals surface area (Å²) in [5.74, 6) is 0.968. The van der Waals surface area contributed by atoms with Crippen molar-refractivity contribution >= 4 is 5.82 Å². The first-order chi connectivity index (χ1) is 12.8. The molecule has 1 aromatic carbocycles. The van der Waals surface area contributed by atoms with Crippen LogP contribution in [0.25, 0.3) is 11.3 Å². The van der Waals surface area contributed by atoms with Crippen molar-refractivity contribution in [3.05, 3.63) is 59.9 Å². The molecule has 3 heterocycles. The van der Waals surface area contributed by atoms with E-state index in [0.29, 0.717) is 6.04 Å². The van der Waals surface area contributed by atoms with Crippen molar-refractivity contribution in [2.45, 2.75) is 32.4 Å². The SMILES string of the molecule is Cc1ccc(N2CCC[C@H](NCc3cn[nH]c3-c3ccccc3)C2)nn1. The summed E-state index contributed by atoms with van der Waals surface area (Å²) in [5.41, 5.74) is 4.41. The minimum atomic E-state index is 0.436. The van der Waals surface area contributed by atoms with E-state index in [2.05, 4.69) is 60.9 Å². The van der Waals surface area contributed by atoms with E-state index in [-0.39, 0.29) is 0 Å². The zero-order valence-corrected chi connectivity index (χ0v) is 15.0. The Morgan fingerprint density at radius 3 is 2.85 bits per heavy atom. The van der Waals surface area contributed by atoms with Crippen molar-refractivity contribution < 1.29 is 0 Å². The molecule has 0 bridgehead atoms. The lowest BCUT2D eigenvalue weighted by Crippen LogP contribution is -2.45. The first-order valence-corrected chi connectivity index (χ1v) is 9.16. The van der Waals surface area contributed by atoms with Crippen LogP contribution in [0.5, 0.6) is 0 Å². The molecule has 26 heavy (non-hydrogen) atoms. The van der Waals surface area contributed by atoms with Gasteiger partial charge in [-0.1, -0.05) is 30.3 Å². The van der Waals surface area contributed by atoms with Gasteiger partial charge in [-0.2, -0.15) is 10.2 Å². The molecule has 0 amide bonds. The van der Waals surface area contributed by atoms with Crippen LogP contribution in [0.4, 0.5) is 5.82 Å². The normalized spacial score (nSPS) is 17.4. The molecule has 1 atom stereocenters. The van der Waals surface area contributed by atoms with Crippen molar-refractivity contribution in [2.24, 2.45) is 0 Å².